The number of nitrogens with zero attached hydrogens (tertiary/aromatic N) is 2. The average Bonchev–Trinajstić information content (AvgIpc) is 3.50. The molecule has 0 spiro atoms. The van der Waals surface area contributed by atoms with Gasteiger partial charge in [-0.1, -0.05) is 42.0 Å². The Labute approximate surface area is 279 Å². The highest BCUT2D eigenvalue weighted by Gasteiger charge is 2.61. The lowest BCUT2D eigenvalue weighted by Crippen LogP contribution is -2.43. The van der Waals surface area contributed by atoms with E-state index in [2.05, 4.69) is 0 Å². The number of benzene rings is 3. The Bertz CT molecular complexity index is 2030. The lowest BCUT2D eigenvalue weighted by atomic mass is 9.58. The van der Waals surface area contributed by atoms with Gasteiger partial charge in [0.2, 0.25) is 23.6 Å². The minimum absolute atomic E-state index is 0.0582. The van der Waals surface area contributed by atoms with Crippen LogP contribution in [-0.2, 0) is 19.2 Å². The summed E-state index contributed by atoms with van der Waals surface area (Å²) in [5.41, 5.74) is 1.49. The minimum Gasteiger partial charge on any atom is -0.504 e. The van der Waals surface area contributed by atoms with Crippen LogP contribution >= 0.6 is 0 Å². The Morgan fingerprint density at radius 3 is 1.94 bits per heavy atom. The molecule has 248 valence electrons. The van der Waals surface area contributed by atoms with E-state index in [4.69, 9.17) is 4.74 Å². The van der Waals surface area contributed by atoms with Crippen LogP contribution < -0.4 is 14.5 Å². The van der Waals surface area contributed by atoms with Gasteiger partial charge in [-0.15, -0.1) is 0 Å². The first-order valence-corrected chi connectivity index (χ1v) is 15.7. The molecule has 12 heteroatoms. The number of aromatic hydroxyl groups is 1. The van der Waals surface area contributed by atoms with Crippen LogP contribution in [0.4, 0.5) is 11.4 Å². The van der Waals surface area contributed by atoms with Crippen molar-refractivity contribution in [3.05, 3.63) is 101 Å². The molecule has 3 fully saturated rings. The number of carboxylic acids is 2. The van der Waals surface area contributed by atoms with Crippen LogP contribution in [0.15, 0.2) is 84.5 Å². The number of carboxylic acid groups (broad SMARTS) is 2. The zero-order valence-electron chi connectivity index (χ0n) is 26.1. The van der Waals surface area contributed by atoms with E-state index in [0.29, 0.717) is 5.56 Å². The van der Waals surface area contributed by atoms with Gasteiger partial charge >= 0.3 is 11.9 Å². The molecule has 3 aromatic rings. The lowest BCUT2D eigenvalue weighted by molar-refractivity contribution is -0.126. The number of rotatable bonds is 7. The fourth-order valence-corrected chi connectivity index (χ4v) is 7.93. The summed E-state index contributed by atoms with van der Waals surface area (Å²) in [7, 11) is 1.42. The maximum atomic E-state index is 14.2. The van der Waals surface area contributed by atoms with Gasteiger partial charge in [-0.25, -0.2) is 9.59 Å². The molecule has 2 aliphatic carbocycles. The molecule has 1 saturated carbocycles. The molecule has 0 radical (unpaired) electrons. The van der Waals surface area contributed by atoms with Crippen LogP contribution in [0.1, 0.15) is 39.1 Å². The van der Waals surface area contributed by atoms with Gasteiger partial charge < -0.3 is 20.1 Å². The second-order valence-corrected chi connectivity index (χ2v) is 12.6. The molecule has 3 N–H and O–H groups in total. The number of amides is 4. The molecular weight excluding hydrogens is 632 g/mol. The zero-order chi connectivity index (χ0) is 34.7. The van der Waals surface area contributed by atoms with Crippen LogP contribution in [0, 0.1) is 35.5 Å². The van der Waals surface area contributed by atoms with E-state index in [9.17, 15) is 44.1 Å². The largest absolute Gasteiger partial charge is 0.504 e. The number of ether oxygens (including phenoxy) is 1. The average molecular weight is 663 g/mol. The van der Waals surface area contributed by atoms with E-state index < -0.39 is 71.1 Å². The normalized spacial score (nSPS) is 26.0. The van der Waals surface area contributed by atoms with Crippen molar-refractivity contribution < 1.29 is 48.8 Å². The SMILES string of the molecule is COc1cc(C=CC2C3=CCC4C(=O)N(c5cccc(C(=O)O)c5)C(=O)C4C3CC3C(=O)N(c4cccc(C(=O)O)c4)C(=O)C23)ccc1O. The number of carbonyl (C=O) groups is 6. The van der Waals surface area contributed by atoms with Crippen molar-refractivity contribution in [1.29, 1.82) is 0 Å². The number of aromatic carboxylic acids is 2. The monoisotopic (exact) mass is 662 g/mol. The smallest absolute Gasteiger partial charge is 0.335 e. The van der Waals surface area contributed by atoms with Crippen LogP contribution in [0.3, 0.4) is 0 Å². The highest BCUT2D eigenvalue weighted by atomic mass is 16.5. The van der Waals surface area contributed by atoms with E-state index in [1.54, 1.807) is 24.3 Å². The van der Waals surface area contributed by atoms with Crippen molar-refractivity contribution in [3.8, 4) is 11.5 Å². The highest BCUT2D eigenvalue weighted by molar-refractivity contribution is 6.24. The number of allylic oxidation sites excluding steroid dienone is 3. The van der Waals surface area contributed by atoms with E-state index in [1.165, 1.54) is 61.7 Å². The fourth-order valence-electron chi connectivity index (χ4n) is 7.93. The van der Waals surface area contributed by atoms with Gasteiger partial charge in [0.05, 0.1) is 53.3 Å². The third-order valence-electron chi connectivity index (χ3n) is 10.1. The number of hydrogen-bond acceptors (Lipinski definition) is 8. The van der Waals surface area contributed by atoms with Gasteiger partial charge in [-0.2, -0.15) is 0 Å². The summed E-state index contributed by atoms with van der Waals surface area (Å²) in [6.07, 6.45) is 5.73. The number of imide groups is 2. The lowest BCUT2D eigenvalue weighted by Gasteiger charge is -2.42. The topological polar surface area (TPSA) is 179 Å². The molecule has 6 atom stereocenters. The van der Waals surface area contributed by atoms with Gasteiger partial charge in [0, 0.05) is 5.92 Å². The van der Waals surface area contributed by atoms with Gasteiger partial charge in [-0.3, -0.25) is 29.0 Å². The Hall–Kier alpha value is -6.04. The molecule has 4 aliphatic rings. The summed E-state index contributed by atoms with van der Waals surface area (Å²) >= 11 is 0. The van der Waals surface area contributed by atoms with E-state index in [1.807, 2.05) is 6.08 Å². The maximum Gasteiger partial charge on any atom is 0.335 e. The quantitative estimate of drug-likeness (QED) is 0.243. The second-order valence-electron chi connectivity index (χ2n) is 12.6. The number of phenolic OH excluding ortho intramolecular Hbond substituents is 1. The van der Waals surface area contributed by atoms with Crippen molar-refractivity contribution in [2.75, 3.05) is 16.9 Å². The first-order valence-electron chi connectivity index (χ1n) is 15.7. The molecule has 6 unspecified atom stereocenters. The van der Waals surface area contributed by atoms with Crippen molar-refractivity contribution in [2.45, 2.75) is 12.8 Å². The molecule has 49 heavy (non-hydrogen) atoms. The first-order chi connectivity index (χ1) is 23.5. The standard InChI is InChI=1S/C37H30N2O10/c1-49-29-14-18(9-13-28(29)40)8-10-24-23-11-12-25-31(35(44)38(32(25)41)21-6-2-4-19(15-21)36(45)46)26(23)17-27-30(24)34(43)39(33(27)42)22-7-3-5-20(16-22)37(47)48/h2-11,13-16,24-27,30-31,40H,12,17H2,1H3,(H,45,46)(H,47,48). The van der Waals surface area contributed by atoms with Crippen LogP contribution in [0.2, 0.25) is 0 Å². The molecule has 3 aromatic carbocycles. The third kappa shape index (κ3) is 5.07. The Kier molecular flexibility index (Phi) is 7.65. The predicted molar refractivity (Wildman–Crippen MR) is 174 cm³/mol. The van der Waals surface area contributed by atoms with Gasteiger partial charge in [0.25, 0.3) is 0 Å². The number of carbonyl (C=O) groups excluding carboxylic acids is 4. The molecule has 2 saturated heterocycles. The van der Waals surface area contributed by atoms with Gasteiger partial charge in [0.1, 0.15) is 0 Å². The Balaban J connectivity index is 1.30. The summed E-state index contributed by atoms with van der Waals surface area (Å²) in [6, 6.07) is 15.9. The molecular formula is C37H30N2O10. The zero-order valence-corrected chi connectivity index (χ0v) is 26.1. The fraction of sp³-hybridized carbons (Fsp3) is 0.243. The van der Waals surface area contributed by atoms with Crippen LogP contribution in [0.25, 0.3) is 6.08 Å². The van der Waals surface area contributed by atoms with E-state index in [-0.39, 0.29) is 46.8 Å². The Morgan fingerprint density at radius 2 is 1.35 bits per heavy atom. The van der Waals surface area contributed by atoms with Crippen molar-refractivity contribution in [3.63, 3.8) is 0 Å². The van der Waals surface area contributed by atoms with E-state index in [0.717, 1.165) is 15.4 Å². The molecule has 0 bridgehead atoms. The minimum atomic E-state index is -1.21. The summed E-state index contributed by atoms with van der Waals surface area (Å²) < 4.78 is 5.24. The molecule has 12 nitrogen and oxygen atoms in total. The predicted octanol–water partition coefficient (Wildman–Crippen LogP) is 4.39. The summed E-state index contributed by atoms with van der Waals surface area (Å²) in [5, 5.41) is 29.2. The van der Waals surface area contributed by atoms with Crippen molar-refractivity contribution in [1.82, 2.24) is 0 Å². The van der Waals surface area contributed by atoms with E-state index >= 15 is 0 Å². The summed E-state index contributed by atoms with van der Waals surface area (Å²) in [4.78, 5) is 81.7. The molecule has 2 aliphatic heterocycles. The highest BCUT2D eigenvalue weighted by Crippen LogP contribution is 2.56. The number of anilines is 2. The van der Waals surface area contributed by atoms with Crippen LogP contribution in [-0.4, -0.2) is 58.0 Å². The molecule has 7 rings (SSSR count). The maximum absolute atomic E-state index is 14.2. The number of phenols is 1. The summed E-state index contributed by atoms with van der Waals surface area (Å²) in [6.45, 7) is 0. The molecule has 0 aromatic heterocycles. The molecule has 4 amide bonds. The first kappa shape index (κ1) is 31.6. The van der Waals surface area contributed by atoms with Gasteiger partial charge in [-0.05, 0) is 72.9 Å². The second kappa shape index (κ2) is 11.9. The summed E-state index contributed by atoms with van der Waals surface area (Å²) in [5.74, 6) is -8.81. The number of methoxy groups -OCH3 is 1. The van der Waals surface area contributed by atoms with Crippen LogP contribution in [0.5, 0.6) is 11.5 Å². The van der Waals surface area contributed by atoms with Crippen molar-refractivity contribution in [2.24, 2.45) is 35.5 Å². The number of hydrogen-bond donors (Lipinski definition) is 3. The third-order valence-corrected chi connectivity index (χ3v) is 10.1. The van der Waals surface area contributed by atoms with Gasteiger partial charge in [0.15, 0.2) is 11.5 Å². The van der Waals surface area contributed by atoms with Crippen molar-refractivity contribution >= 4 is 53.0 Å². The molecule has 2 heterocycles. The number of fused-ring (bicyclic) bond motifs is 4. The Morgan fingerprint density at radius 1 is 0.755 bits per heavy atom.